The molecule has 0 N–H and O–H groups in total. The molecule has 0 saturated heterocycles. The van der Waals surface area contributed by atoms with Gasteiger partial charge in [-0.15, -0.1) is 0 Å². The van der Waals surface area contributed by atoms with Crippen LogP contribution in [0.1, 0.15) is 42.7 Å². The highest BCUT2D eigenvalue weighted by Crippen LogP contribution is 2.58. The van der Waals surface area contributed by atoms with Gasteiger partial charge in [-0.05, 0) is 12.5 Å². The van der Waals surface area contributed by atoms with Gasteiger partial charge in [-0.1, -0.05) is 13.8 Å². The number of hydrogen-bond acceptors (Lipinski definition) is 6. The first-order valence-corrected chi connectivity index (χ1v) is 7.95. The summed E-state index contributed by atoms with van der Waals surface area (Å²) in [6.07, 6.45) is 2.32. The Labute approximate surface area is 139 Å². The van der Waals surface area contributed by atoms with Gasteiger partial charge in [-0.3, -0.25) is 9.59 Å². The number of ketones is 2. The standard InChI is InChI=1S/C18H19NO5/c1-17(2)8-9-7-11(20)13-12(18(9,23-4)16(17)21)14(22-3)10-5-6-24-15(10)19-13/h5-6,9H,7-8H2,1-4H3. The minimum absolute atomic E-state index is 0.0285. The lowest BCUT2D eigenvalue weighted by molar-refractivity contribution is -0.148. The average molecular weight is 329 g/mol. The average Bonchev–Trinajstić information content (AvgIpc) is 3.08. The molecule has 0 aromatic carbocycles. The lowest BCUT2D eigenvalue weighted by atomic mass is 9.73. The van der Waals surface area contributed by atoms with Crippen molar-refractivity contribution in [2.75, 3.05) is 14.2 Å². The first-order valence-electron chi connectivity index (χ1n) is 7.95. The Morgan fingerprint density at radius 2 is 2.04 bits per heavy atom. The quantitative estimate of drug-likeness (QED) is 0.843. The summed E-state index contributed by atoms with van der Waals surface area (Å²) in [4.78, 5) is 30.4. The van der Waals surface area contributed by atoms with E-state index in [9.17, 15) is 9.59 Å². The molecular weight excluding hydrogens is 310 g/mol. The molecule has 6 heteroatoms. The molecule has 126 valence electrons. The number of furan rings is 1. The zero-order valence-corrected chi connectivity index (χ0v) is 14.1. The second-order valence-corrected chi connectivity index (χ2v) is 7.19. The Morgan fingerprint density at radius 1 is 1.29 bits per heavy atom. The number of Topliss-reactive ketones (excluding diaryl/α,β-unsaturated/α-hetero) is 2. The molecule has 2 aliphatic carbocycles. The molecule has 0 spiro atoms. The fraction of sp³-hybridized carbons (Fsp3) is 0.500. The molecule has 2 aromatic heterocycles. The molecule has 0 radical (unpaired) electrons. The van der Waals surface area contributed by atoms with Crippen LogP contribution in [0.4, 0.5) is 0 Å². The minimum atomic E-state index is -1.20. The molecule has 0 aliphatic heterocycles. The Morgan fingerprint density at radius 3 is 2.71 bits per heavy atom. The van der Waals surface area contributed by atoms with Gasteiger partial charge in [-0.2, -0.15) is 0 Å². The van der Waals surface area contributed by atoms with E-state index in [0.29, 0.717) is 28.8 Å². The third-order valence-corrected chi connectivity index (χ3v) is 5.44. The van der Waals surface area contributed by atoms with E-state index in [1.807, 2.05) is 13.8 Å². The predicted octanol–water partition coefficient (Wildman–Crippen LogP) is 2.88. The van der Waals surface area contributed by atoms with Gasteiger partial charge in [0, 0.05) is 24.9 Å². The molecule has 2 unspecified atom stereocenters. The van der Waals surface area contributed by atoms with E-state index in [-0.39, 0.29) is 29.6 Å². The summed E-state index contributed by atoms with van der Waals surface area (Å²) >= 11 is 0. The number of carbonyl (C=O) groups is 2. The fourth-order valence-corrected chi connectivity index (χ4v) is 4.47. The van der Waals surface area contributed by atoms with Crippen molar-refractivity contribution < 1.29 is 23.5 Å². The highest BCUT2D eigenvalue weighted by atomic mass is 16.5. The maximum atomic E-state index is 13.3. The maximum Gasteiger partial charge on any atom is 0.230 e. The summed E-state index contributed by atoms with van der Waals surface area (Å²) in [6.45, 7) is 3.80. The van der Waals surface area contributed by atoms with Crippen LogP contribution in [0.5, 0.6) is 5.75 Å². The Kier molecular flexibility index (Phi) is 2.98. The van der Waals surface area contributed by atoms with Crippen LogP contribution >= 0.6 is 0 Å². The first kappa shape index (κ1) is 15.3. The van der Waals surface area contributed by atoms with Gasteiger partial charge >= 0.3 is 0 Å². The van der Waals surface area contributed by atoms with Crippen molar-refractivity contribution in [3.63, 3.8) is 0 Å². The predicted molar refractivity (Wildman–Crippen MR) is 85.1 cm³/mol. The van der Waals surface area contributed by atoms with Gasteiger partial charge in [0.05, 0.1) is 24.3 Å². The zero-order chi connectivity index (χ0) is 17.3. The molecule has 2 heterocycles. The molecule has 24 heavy (non-hydrogen) atoms. The van der Waals surface area contributed by atoms with Crippen molar-refractivity contribution in [3.8, 4) is 5.75 Å². The smallest absolute Gasteiger partial charge is 0.230 e. The molecule has 1 saturated carbocycles. The number of nitrogens with zero attached hydrogens (tertiary/aromatic N) is 1. The van der Waals surface area contributed by atoms with Gasteiger partial charge in [0.2, 0.25) is 5.71 Å². The van der Waals surface area contributed by atoms with E-state index in [1.54, 1.807) is 6.07 Å². The maximum absolute atomic E-state index is 13.3. The summed E-state index contributed by atoms with van der Waals surface area (Å²) in [5.74, 6) is 0.0868. The second kappa shape index (κ2) is 4.66. The number of aromatic nitrogens is 1. The normalized spacial score (nSPS) is 28.1. The minimum Gasteiger partial charge on any atom is -0.495 e. The van der Waals surface area contributed by atoms with Crippen LogP contribution in [-0.4, -0.2) is 30.8 Å². The van der Waals surface area contributed by atoms with E-state index < -0.39 is 11.0 Å². The van der Waals surface area contributed by atoms with Crippen LogP contribution in [0.3, 0.4) is 0 Å². The van der Waals surface area contributed by atoms with Gasteiger partial charge in [0.25, 0.3) is 0 Å². The third kappa shape index (κ3) is 1.61. The topological polar surface area (TPSA) is 78.6 Å². The second-order valence-electron chi connectivity index (χ2n) is 7.19. The molecule has 2 aliphatic rings. The molecule has 6 nitrogen and oxygen atoms in total. The van der Waals surface area contributed by atoms with Crippen molar-refractivity contribution in [2.24, 2.45) is 11.3 Å². The number of ether oxygens (including phenoxy) is 2. The monoisotopic (exact) mass is 329 g/mol. The summed E-state index contributed by atoms with van der Waals surface area (Å²) in [7, 11) is 3.04. The number of hydrogen-bond donors (Lipinski definition) is 0. The summed E-state index contributed by atoms with van der Waals surface area (Å²) < 4.78 is 16.8. The van der Waals surface area contributed by atoms with Gasteiger partial charge < -0.3 is 13.9 Å². The highest BCUT2D eigenvalue weighted by Gasteiger charge is 2.64. The van der Waals surface area contributed by atoms with E-state index in [0.717, 1.165) is 0 Å². The van der Waals surface area contributed by atoms with Crippen LogP contribution < -0.4 is 4.74 Å². The van der Waals surface area contributed by atoms with E-state index in [4.69, 9.17) is 13.9 Å². The summed E-state index contributed by atoms with van der Waals surface area (Å²) in [6, 6.07) is 1.73. The lowest BCUT2D eigenvalue weighted by Gasteiger charge is -2.38. The molecule has 4 rings (SSSR count). The SMILES string of the molecule is COc1c2c(nc3occc13)C(=O)CC1CC(C)(C)C(=O)C21OC. The molecule has 2 aromatic rings. The van der Waals surface area contributed by atoms with Crippen LogP contribution in [0.15, 0.2) is 16.7 Å². The number of methoxy groups -OCH3 is 2. The summed E-state index contributed by atoms with van der Waals surface area (Å²) in [5, 5.41) is 0.638. The lowest BCUT2D eigenvalue weighted by Crippen LogP contribution is -2.46. The van der Waals surface area contributed by atoms with Crippen molar-refractivity contribution in [1.82, 2.24) is 4.98 Å². The third-order valence-electron chi connectivity index (χ3n) is 5.44. The fourth-order valence-electron chi connectivity index (χ4n) is 4.47. The molecule has 0 amide bonds. The van der Waals surface area contributed by atoms with Crippen molar-refractivity contribution >= 4 is 22.7 Å². The van der Waals surface area contributed by atoms with Gasteiger partial charge in [0.15, 0.2) is 17.2 Å². The van der Waals surface area contributed by atoms with Crippen molar-refractivity contribution in [1.29, 1.82) is 0 Å². The highest BCUT2D eigenvalue weighted by molar-refractivity contribution is 6.08. The Balaban J connectivity index is 2.14. The number of rotatable bonds is 2. The van der Waals surface area contributed by atoms with E-state index >= 15 is 0 Å². The molecule has 0 bridgehead atoms. The number of fused-ring (bicyclic) bond motifs is 4. The van der Waals surface area contributed by atoms with Crippen LogP contribution in [0, 0.1) is 11.3 Å². The number of pyridine rings is 1. The van der Waals surface area contributed by atoms with Gasteiger partial charge in [-0.25, -0.2) is 4.98 Å². The van der Waals surface area contributed by atoms with E-state index in [2.05, 4.69) is 4.98 Å². The largest absolute Gasteiger partial charge is 0.495 e. The van der Waals surface area contributed by atoms with Gasteiger partial charge in [0.1, 0.15) is 11.4 Å². The number of carbonyl (C=O) groups excluding carboxylic acids is 2. The summed E-state index contributed by atoms with van der Waals surface area (Å²) in [5.41, 5.74) is -0.764. The van der Waals surface area contributed by atoms with Crippen LogP contribution in [-0.2, 0) is 15.1 Å². The van der Waals surface area contributed by atoms with Crippen LogP contribution in [0.25, 0.3) is 11.1 Å². The van der Waals surface area contributed by atoms with Crippen LogP contribution in [0.2, 0.25) is 0 Å². The zero-order valence-electron chi connectivity index (χ0n) is 14.1. The van der Waals surface area contributed by atoms with Crippen molar-refractivity contribution in [2.45, 2.75) is 32.3 Å². The Bertz CT molecular complexity index is 881. The molecule has 2 atom stereocenters. The van der Waals surface area contributed by atoms with E-state index in [1.165, 1.54) is 20.5 Å². The first-order chi connectivity index (χ1) is 11.4. The van der Waals surface area contributed by atoms with Crippen molar-refractivity contribution in [3.05, 3.63) is 23.6 Å². The molecule has 1 fully saturated rings. The Hall–Kier alpha value is -2.21. The molecular formula is C18H19NO5.